The second kappa shape index (κ2) is 6.98. The molecular formula is C21H21FN4O2. The van der Waals surface area contributed by atoms with Gasteiger partial charge in [0.25, 0.3) is 0 Å². The summed E-state index contributed by atoms with van der Waals surface area (Å²) in [5.41, 5.74) is 1.09. The molecule has 1 aromatic carbocycles. The quantitative estimate of drug-likeness (QED) is 0.725. The van der Waals surface area contributed by atoms with Crippen LogP contribution in [0, 0.1) is 0 Å². The van der Waals surface area contributed by atoms with Crippen LogP contribution in [0.15, 0.2) is 42.7 Å². The molecule has 4 heterocycles. The van der Waals surface area contributed by atoms with E-state index in [4.69, 9.17) is 4.74 Å². The lowest BCUT2D eigenvalue weighted by Gasteiger charge is -2.42. The summed E-state index contributed by atoms with van der Waals surface area (Å²) in [6.45, 7) is 0. The molecule has 2 aromatic heterocycles. The van der Waals surface area contributed by atoms with Gasteiger partial charge < -0.3 is 15.2 Å². The minimum absolute atomic E-state index is 0.122. The number of piperidine rings is 2. The smallest absolute Gasteiger partial charge is 0.233 e. The Labute approximate surface area is 161 Å². The van der Waals surface area contributed by atoms with E-state index >= 15 is 0 Å². The van der Waals surface area contributed by atoms with Crippen molar-refractivity contribution in [3.05, 3.63) is 42.7 Å². The van der Waals surface area contributed by atoms with Gasteiger partial charge in [0.15, 0.2) is 6.17 Å². The molecule has 2 saturated heterocycles. The van der Waals surface area contributed by atoms with E-state index in [-0.39, 0.29) is 11.8 Å². The van der Waals surface area contributed by atoms with Crippen LogP contribution in [0.4, 0.5) is 4.39 Å². The maximum Gasteiger partial charge on any atom is 0.233 e. The maximum absolute atomic E-state index is 14.7. The van der Waals surface area contributed by atoms with Gasteiger partial charge in [-0.3, -0.25) is 4.98 Å². The summed E-state index contributed by atoms with van der Waals surface area (Å²) in [6, 6.07) is 8.94. The van der Waals surface area contributed by atoms with Gasteiger partial charge in [-0.2, -0.15) is 0 Å². The summed E-state index contributed by atoms with van der Waals surface area (Å²) in [5, 5.41) is 23.8. The van der Waals surface area contributed by atoms with Gasteiger partial charge in [-0.25, -0.2) is 4.39 Å². The Bertz CT molecular complexity index is 997. The predicted molar refractivity (Wildman–Crippen MR) is 103 cm³/mol. The Kier molecular flexibility index (Phi) is 4.31. The van der Waals surface area contributed by atoms with Crippen molar-refractivity contribution in [1.82, 2.24) is 20.5 Å². The molecule has 0 saturated carbocycles. The fourth-order valence-electron chi connectivity index (χ4n) is 4.28. The minimum Gasteiger partial charge on any atom is -0.507 e. The Morgan fingerprint density at radius 2 is 2.04 bits per heavy atom. The molecule has 7 heteroatoms. The molecule has 2 aliphatic rings. The number of aromatic hydroxyl groups is 1. The molecule has 0 amide bonds. The lowest BCUT2D eigenvalue weighted by atomic mass is 9.84. The number of ether oxygens (including phenoxy) is 1. The van der Waals surface area contributed by atoms with E-state index in [1.165, 1.54) is 0 Å². The summed E-state index contributed by atoms with van der Waals surface area (Å²) in [4.78, 5) is 4.11. The van der Waals surface area contributed by atoms with Gasteiger partial charge in [0.2, 0.25) is 5.88 Å². The molecule has 0 radical (unpaired) electrons. The average Bonchev–Trinajstić information content (AvgIpc) is 2.72. The molecule has 144 valence electrons. The Hall–Kier alpha value is -2.80. The van der Waals surface area contributed by atoms with Gasteiger partial charge in [0, 0.05) is 47.9 Å². The summed E-state index contributed by atoms with van der Waals surface area (Å²) >= 11 is 0. The molecular weight excluding hydrogens is 359 g/mol. The average molecular weight is 380 g/mol. The number of nitrogens with one attached hydrogen (secondary N) is 1. The number of halogens is 1. The first-order valence-electron chi connectivity index (χ1n) is 9.65. The van der Waals surface area contributed by atoms with Gasteiger partial charge in [0.05, 0.1) is 5.69 Å². The number of phenols is 1. The van der Waals surface area contributed by atoms with E-state index in [0.29, 0.717) is 29.6 Å². The number of pyridine rings is 1. The van der Waals surface area contributed by atoms with Crippen LogP contribution in [-0.2, 0) is 0 Å². The maximum atomic E-state index is 14.7. The van der Waals surface area contributed by atoms with Crippen LogP contribution >= 0.6 is 0 Å². The van der Waals surface area contributed by atoms with Crippen LogP contribution in [0.2, 0.25) is 0 Å². The van der Waals surface area contributed by atoms with Gasteiger partial charge >= 0.3 is 0 Å². The van der Waals surface area contributed by atoms with Crippen LogP contribution in [0.1, 0.15) is 25.7 Å². The van der Waals surface area contributed by atoms with Gasteiger partial charge in [-0.1, -0.05) is 6.42 Å². The number of fused-ring (bicyclic) bond motifs is 3. The van der Waals surface area contributed by atoms with Crippen LogP contribution in [-0.4, -0.2) is 44.6 Å². The standard InChI is InChI=1S/C21H21FN4O2/c22-21-17-3-1-2-14(24-17)10-19(21)28-20-5-4-16(25-26-20)15-8-13-11-23-7-6-12(13)9-18(15)27/h4-9,11,14,17,19,21,24,27H,1-3,10H2/t14-,17+,19-,21+/m1/s1. The first-order chi connectivity index (χ1) is 13.7. The molecule has 6 nitrogen and oxygen atoms in total. The lowest BCUT2D eigenvalue weighted by molar-refractivity contribution is 0.00652. The van der Waals surface area contributed by atoms with Gasteiger partial charge in [0.1, 0.15) is 11.9 Å². The zero-order valence-electron chi connectivity index (χ0n) is 15.3. The van der Waals surface area contributed by atoms with Crippen molar-refractivity contribution >= 4 is 10.8 Å². The van der Waals surface area contributed by atoms with Crippen molar-refractivity contribution < 1.29 is 14.2 Å². The predicted octanol–water partition coefficient (Wildman–Crippen LogP) is 3.40. The molecule has 2 N–H and O–H groups in total. The van der Waals surface area contributed by atoms with Crippen LogP contribution < -0.4 is 10.1 Å². The summed E-state index contributed by atoms with van der Waals surface area (Å²) in [6.07, 6.45) is 5.47. The van der Waals surface area contributed by atoms with Crippen molar-refractivity contribution in [3.63, 3.8) is 0 Å². The number of hydrogen-bond acceptors (Lipinski definition) is 6. The largest absolute Gasteiger partial charge is 0.507 e. The molecule has 28 heavy (non-hydrogen) atoms. The number of phenolic OH excluding ortho intramolecular Hbond substituents is 1. The second-order valence-corrected chi connectivity index (χ2v) is 7.59. The first-order valence-corrected chi connectivity index (χ1v) is 9.65. The number of benzene rings is 1. The molecule has 0 unspecified atom stereocenters. The van der Waals surface area contributed by atoms with Crippen molar-refractivity contribution in [3.8, 4) is 22.9 Å². The fourth-order valence-corrected chi connectivity index (χ4v) is 4.28. The Balaban J connectivity index is 1.37. The van der Waals surface area contributed by atoms with Crippen molar-refractivity contribution in [2.75, 3.05) is 0 Å². The number of alkyl halides is 1. The number of nitrogens with zero attached hydrogens (tertiary/aromatic N) is 3. The molecule has 0 spiro atoms. The topological polar surface area (TPSA) is 80.2 Å². The third-order valence-electron chi connectivity index (χ3n) is 5.72. The third-order valence-corrected chi connectivity index (χ3v) is 5.72. The molecule has 2 aliphatic heterocycles. The van der Waals surface area contributed by atoms with Crippen molar-refractivity contribution in [2.24, 2.45) is 0 Å². The zero-order chi connectivity index (χ0) is 19.1. The van der Waals surface area contributed by atoms with Crippen LogP contribution in [0.5, 0.6) is 11.6 Å². The minimum atomic E-state index is -1.05. The summed E-state index contributed by atoms with van der Waals surface area (Å²) < 4.78 is 20.5. The molecule has 2 bridgehead atoms. The Morgan fingerprint density at radius 3 is 2.89 bits per heavy atom. The molecule has 5 rings (SSSR count). The van der Waals surface area contributed by atoms with Gasteiger partial charge in [-0.05, 0) is 42.5 Å². The first kappa shape index (κ1) is 17.3. The van der Waals surface area contributed by atoms with Crippen molar-refractivity contribution in [2.45, 2.75) is 50.0 Å². The monoisotopic (exact) mass is 380 g/mol. The third kappa shape index (κ3) is 3.16. The second-order valence-electron chi connectivity index (χ2n) is 7.59. The van der Waals surface area contributed by atoms with E-state index < -0.39 is 12.3 Å². The molecule has 4 atom stereocenters. The number of hydrogen-bond donors (Lipinski definition) is 2. The van der Waals surface area contributed by atoms with E-state index in [2.05, 4.69) is 20.5 Å². The van der Waals surface area contributed by atoms with E-state index in [9.17, 15) is 9.50 Å². The number of aromatic nitrogens is 3. The summed E-state index contributed by atoms with van der Waals surface area (Å²) in [5.74, 6) is 0.426. The lowest BCUT2D eigenvalue weighted by Crippen LogP contribution is -2.59. The Morgan fingerprint density at radius 1 is 1.11 bits per heavy atom. The molecule has 2 fully saturated rings. The van der Waals surface area contributed by atoms with E-state index in [1.54, 1.807) is 30.6 Å². The van der Waals surface area contributed by atoms with Crippen molar-refractivity contribution in [1.29, 1.82) is 0 Å². The molecule has 0 aliphatic carbocycles. The highest BCUT2D eigenvalue weighted by atomic mass is 19.1. The van der Waals surface area contributed by atoms with Gasteiger partial charge in [-0.15, -0.1) is 10.2 Å². The zero-order valence-corrected chi connectivity index (χ0v) is 15.3. The molecule has 3 aromatic rings. The van der Waals surface area contributed by atoms with E-state index in [0.717, 1.165) is 30.0 Å². The highest BCUT2D eigenvalue weighted by Gasteiger charge is 2.41. The highest BCUT2D eigenvalue weighted by Crippen LogP contribution is 2.33. The summed E-state index contributed by atoms with van der Waals surface area (Å²) in [7, 11) is 0. The SMILES string of the molecule is Oc1cc2ccncc2cc1-c1ccc(O[C@@H]2C[C@H]3CCC[C@H](N3)[C@@H]2F)nn1. The fraction of sp³-hybridized carbons (Fsp3) is 0.381. The van der Waals surface area contributed by atoms with E-state index in [1.807, 2.05) is 12.1 Å². The van der Waals surface area contributed by atoms with Crippen LogP contribution in [0.25, 0.3) is 22.0 Å². The number of rotatable bonds is 3. The van der Waals surface area contributed by atoms with Crippen LogP contribution in [0.3, 0.4) is 0 Å². The normalized spacial score (nSPS) is 26.9. The highest BCUT2D eigenvalue weighted by molar-refractivity contribution is 5.89.